The summed E-state index contributed by atoms with van der Waals surface area (Å²) in [6, 6.07) is 17.5. The fourth-order valence-electron chi connectivity index (χ4n) is 2.34. The van der Waals surface area contributed by atoms with Crippen molar-refractivity contribution in [2.24, 2.45) is 0 Å². The van der Waals surface area contributed by atoms with Gasteiger partial charge in [-0.25, -0.2) is 0 Å². The maximum Gasteiger partial charge on any atom is 0.224 e. The first-order chi connectivity index (χ1) is 11.8. The fourth-order valence-corrected chi connectivity index (χ4v) is 3.21. The summed E-state index contributed by atoms with van der Waals surface area (Å²) in [5, 5.41) is 0. The molecule has 3 aromatic rings. The molecule has 0 spiro atoms. The van der Waals surface area contributed by atoms with Gasteiger partial charge in [-0.15, -0.1) is 11.8 Å². The summed E-state index contributed by atoms with van der Waals surface area (Å²) in [6.07, 6.45) is 3.72. The molecule has 0 aliphatic carbocycles. The summed E-state index contributed by atoms with van der Waals surface area (Å²) in [5.74, 6) is 2.37. The fraction of sp³-hybridized carbons (Fsp3) is 0.211. The van der Waals surface area contributed by atoms with Gasteiger partial charge < -0.3 is 13.7 Å². The van der Waals surface area contributed by atoms with E-state index in [1.54, 1.807) is 29.2 Å². The van der Waals surface area contributed by atoms with Crippen molar-refractivity contribution >= 4 is 17.7 Å². The van der Waals surface area contributed by atoms with E-state index in [9.17, 15) is 4.79 Å². The molecule has 0 N–H and O–H groups in total. The lowest BCUT2D eigenvalue weighted by molar-refractivity contribution is -0.132. The van der Waals surface area contributed by atoms with E-state index in [0.717, 1.165) is 17.3 Å². The first-order valence-corrected chi connectivity index (χ1v) is 8.80. The molecule has 1 aromatic carbocycles. The van der Waals surface area contributed by atoms with Crippen molar-refractivity contribution in [1.82, 2.24) is 4.90 Å². The third-order valence-electron chi connectivity index (χ3n) is 3.53. The normalized spacial score (nSPS) is 10.7. The average molecular weight is 341 g/mol. The number of rotatable bonds is 8. The standard InChI is InChI=1S/C19H19NO3S/c21-19(10-13-24-18-8-2-1-3-9-18)20(14-16-6-4-11-22-16)15-17-7-5-12-23-17/h1-9,11-12H,10,13-15H2. The van der Waals surface area contributed by atoms with Crippen LogP contribution in [0.3, 0.4) is 0 Å². The minimum Gasteiger partial charge on any atom is -0.467 e. The molecule has 0 unspecified atom stereocenters. The van der Waals surface area contributed by atoms with Gasteiger partial charge in [0.2, 0.25) is 5.91 Å². The van der Waals surface area contributed by atoms with Gasteiger partial charge in [-0.1, -0.05) is 18.2 Å². The maximum atomic E-state index is 12.6. The number of carbonyl (C=O) groups excluding carboxylic acids is 1. The Morgan fingerprint density at radius 2 is 1.50 bits per heavy atom. The van der Waals surface area contributed by atoms with Crippen LogP contribution < -0.4 is 0 Å². The van der Waals surface area contributed by atoms with Crippen molar-refractivity contribution in [2.45, 2.75) is 24.4 Å². The molecule has 0 radical (unpaired) electrons. The SMILES string of the molecule is O=C(CCSc1ccccc1)N(Cc1ccco1)Cc1ccco1. The largest absolute Gasteiger partial charge is 0.467 e. The summed E-state index contributed by atoms with van der Waals surface area (Å²) in [4.78, 5) is 15.6. The number of hydrogen-bond donors (Lipinski definition) is 0. The van der Waals surface area contributed by atoms with Gasteiger partial charge in [-0.3, -0.25) is 4.79 Å². The average Bonchev–Trinajstić information content (AvgIpc) is 3.29. The van der Waals surface area contributed by atoms with E-state index in [1.807, 2.05) is 42.5 Å². The molecule has 0 saturated heterocycles. The molecule has 24 heavy (non-hydrogen) atoms. The lowest BCUT2D eigenvalue weighted by Gasteiger charge is -2.20. The van der Waals surface area contributed by atoms with Gasteiger partial charge in [-0.2, -0.15) is 0 Å². The predicted molar refractivity (Wildman–Crippen MR) is 93.5 cm³/mol. The summed E-state index contributed by atoms with van der Waals surface area (Å²) >= 11 is 1.69. The third kappa shape index (κ3) is 4.80. The zero-order chi connectivity index (χ0) is 16.6. The van der Waals surface area contributed by atoms with Crippen LogP contribution in [0.2, 0.25) is 0 Å². The Morgan fingerprint density at radius 3 is 2.04 bits per heavy atom. The number of carbonyl (C=O) groups is 1. The number of hydrogen-bond acceptors (Lipinski definition) is 4. The van der Waals surface area contributed by atoms with E-state index in [2.05, 4.69) is 12.1 Å². The monoisotopic (exact) mass is 341 g/mol. The second-order valence-electron chi connectivity index (χ2n) is 5.32. The van der Waals surface area contributed by atoms with Gasteiger partial charge in [-0.05, 0) is 36.4 Å². The van der Waals surface area contributed by atoms with Gasteiger partial charge in [0.15, 0.2) is 0 Å². The lowest BCUT2D eigenvalue weighted by atomic mass is 10.3. The molecule has 3 rings (SSSR count). The van der Waals surface area contributed by atoms with Gasteiger partial charge in [0.25, 0.3) is 0 Å². The molecule has 2 heterocycles. The van der Waals surface area contributed by atoms with E-state index < -0.39 is 0 Å². The number of nitrogens with zero attached hydrogens (tertiary/aromatic N) is 1. The second-order valence-corrected chi connectivity index (χ2v) is 6.49. The number of amides is 1. The Morgan fingerprint density at radius 1 is 0.875 bits per heavy atom. The number of thioether (sulfide) groups is 1. The molecule has 0 fully saturated rings. The molecule has 124 valence electrons. The zero-order valence-electron chi connectivity index (χ0n) is 13.3. The van der Waals surface area contributed by atoms with Crippen LogP contribution in [0.1, 0.15) is 17.9 Å². The Bertz CT molecular complexity index is 687. The van der Waals surface area contributed by atoms with Gasteiger partial charge in [0.05, 0.1) is 25.6 Å². The van der Waals surface area contributed by atoms with E-state index in [4.69, 9.17) is 8.83 Å². The second kappa shape index (κ2) is 8.45. The van der Waals surface area contributed by atoms with Crippen molar-refractivity contribution in [2.75, 3.05) is 5.75 Å². The summed E-state index contributed by atoms with van der Waals surface area (Å²) in [5.41, 5.74) is 0. The molecule has 0 atom stereocenters. The van der Waals surface area contributed by atoms with Crippen LogP contribution >= 0.6 is 11.8 Å². The molecule has 0 aliphatic rings. The van der Waals surface area contributed by atoms with Crippen molar-refractivity contribution in [3.63, 3.8) is 0 Å². The maximum absolute atomic E-state index is 12.6. The highest BCUT2D eigenvalue weighted by Crippen LogP contribution is 2.19. The summed E-state index contributed by atoms with van der Waals surface area (Å²) in [6.45, 7) is 0.894. The molecule has 1 amide bonds. The molecule has 0 saturated carbocycles. The van der Waals surface area contributed by atoms with Crippen LogP contribution in [0.25, 0.3) is 0 Å². The van der Waals surface area contributed by atoms with Crippen LogP contribution in [0.4, 0.5) is 0 Å². The highest BCUT2D eigenvalue weighted by molar-refractivity contribution is 7.99. The first-order valence-electron chi connectivity index (χ1n) is 7.81. The van der Waals surface area contributed by atoms with Crippen LogP contribution in [0.5, 0.6) is 0 Å². The Labute approximate surface area is 145 Å². The van der Waals surface area contributed by atoms with Crippen LogP contribution in [0.15, 0.2) is 80.9 Å². The van der Waals surface area contributed by atoms with Crippen molar-refractivity contribution < 1.29 is 13.6 Å². The molecule has 0 bridgehead atoms. The van der Waals surface area contributed by atoms with Gasteiger partial charge >= 0.3 is 0 Å². The Hall–Kier alpha value is -2.40. The van der Waals surface area contributed by atoms with Crippen LogP contribution in [-0.4, -0.2) is 16.6 Å². The van der Waals surface area contributed by atoms with Crippen molar-refractivity contribution in [3.8, 4) is 0 Å². The van der Waals surface area contributed by atoms with E-state index in [-0.39, 0.29) is 5.91 Å². The summed E-state index contributed by atoms with van der Waals surface area (Å²) in [7, 11) is 0. The van der Waals surface area contributed by atoms with E-state index >= 15 is 0 Å². The number of furan rings is 2. The van der Waals surface area contributed by atoms with Crippen molar-refractivity contribution in [3.05, 3.63) is 78.6 Å². The predicted octanol–water partition coefficient (Wildman–Crippen LogP) is 4.58. The van der Waals surface area contributed by atoms with E-state index in [0.29, 0.717) is 19.5 Å². The highest BCUT2D eigenvalue weighted by Gasteiger charge is 2.17. The molecule has 0 aliphatic heterocycles. The number of benzene rings is 1. The van der Waals surface area contributed by atoms with Crippen molar-refractivity contribution in [1.29, 1.82) is 0 Å². The van der Waals surface area contributed by atoms with Gasteiger partial charge in [0.1, 0.15) is 11.5 Å². The Balaban J connectivity index is 1.57. The lowest BCUT2D eigenvalue weighted by Crippen LogP contribution is -2.30. The van der Waals surface area contributed by atoms with Gasteiger partial charge in [0, 0.05) is 17.1 Å². The first kappa shape index (κ1) is 16.5. The summed E-state index contributed by atoms with van der Waals surface area (Å²) < 4.78 is 10.8. The quantitative estimate of drug-likeness (QED) is 0.563. The zero-order valence-corrected chi connectivity index (χ0v) is 14.1. The van der Waals surface area contributed by atoms with E-state index in [1.165, 1.54) is 4.90 Å². The molecular formula is C19H19NO3S. The van der Waals surface area contributed by atoms with Crippen LogP contribution in [0, 0.1) is 0 Å². The minimum absolute atomic E-state index is 0.0891. The molecule has 5 heteroatoms. The smallest absolute Gasteiger partial charge is 0.224 e. The topological polar surface area (TPSA) is 46.6 Å². The van der Waals surface area contributed by atoms with Crippen LogP contribution in [-0.2, 0) is 17.9 Å². The third-order valence-corrected chi connectivity index (χ3v) is 4.55. The Kier molecular flexibility index (Phi) is 5.80. The molecular weight excluding hydrogens is 322 g/mol. The minimum atomic E-state index is 0.0891. The molecule has 4 nitrogen and oxygen atoms in total. The highest BCUT2D eigenvalue weighted by atomic mass is 32.2. The molecule has 2 aromatic heterocycles.